The molecule has 0 amide bonds. The van der Waals surface area contributed by atoms with Crippen LogP contribution in [0.2, 0.25) is 0 Å². The molecule has 1 aliphatic rings. The summed E-state index contributed by atoms with van der Waals surface area (Å²) in [5, 5.41) is 40.5. The Morgan fingerprint density at radius 1 is 1.18 bits per heavy atom. The standard InChI is InChI=1S/C11H15NO5/c13-7-3-1-2-6(4-7)12-11-10(16)9(15)8(14)5-17-11/h1-4,8-16H,5H2/t8-,9-,10-,11+/m1/s1. The molecule has 1 saturated heterocycles. The maximum atomic E-state index is 9.68. The van der Waals surface area contributed by atoms with E-state index in [9.17, 15) is 20.4 Å². The maximum Gasteiger partial charge on any atom is 0.156 e. The van der Waals surface area contributed by atoms with Crippen LogP contribution < -0.4 is 5.32 Å². The molecule has 6 heteroatoms. The van der Waals surface area contributed by atoms with E-state index < -0.39 is 24.5 Å². The molecule has 94 valence electrons. The van der Waals surface area contributed by atoms with Crippen molar-refractivity contribution < 1.29 is 25.2 Å². The van der Waals surface area contributed by atoms with E-state index >= 15 is 0 Å². The molecular weight excluding hydrogens is 226 g/mol. The van der Waals surface area contributed by atoms with Gasteiger partial charge in [0.15, 0.2) is 6.23 Å². The molecule has 1 aromatic carbocycles. The number of ether oxygens (including phenoxy) is 1. The molecular formula is C11H15NO5. The van der Waals surface area contributed by atoms with Gasteiger partial charge in [-0.2, -0.15) is 0 Å². The lowest BCUT2D eigenvalue weighted by Crippen LogP contribution is -2.55. The molecule has 0 aliphatic carbocycles. The van der Waals surface area contributed by atoms with E-state index in [1.165, 1.54) is 12.1 Å². The zero-order valence-corrected chi connectivity index (χ0v) is 9.02. The van der Waals surface area contributed by atoms with Crippen molar-refractivity contribution in [2.75, 3.05) is 11.9 Å². The second kappa shape index (κ2) is 4.89. The Morgan fingerprint density at radius 2 is 1.94 bits per heavy atom. The first-order valence-electron chi connectivity index (χ1n) is 5.29. The van der Waals surface area contributed by atoms with E-state index in [-0.39, 0.29) is 12.4 Å². The van der Waals surface area contributed by atoms with Crippen molar-refractivity contribution in [3.63, 3.8) is 0 Å². The fraction of sp³-hybridized carbons (Fsp3) is 0.455. The van der Waals surface area contributed by atoms with E-state index in [0.717, 1.165) is 0 Å². The molecule has 1 aliphatic heterocycles. The Labute approximate surface area is 98.1 Å². The Morgan fingerprint density at radius 3 is 2.65 bits per heavy atom. The van der Waals surface area contributed by atoms with Crippen molar-refractivity contribution in [2.45, 2.75) is 24.5 Å². The summed E-state index contributed by atoms with van der Waals surface area (Å²) in [4.78, 5) is 0. The van der Waals surface area contributed by atoms with Gasteiger partial charge in [-0.05, 0) is 12.1 Å². The number of rotatable bonds is 2. The van der Waals surface area contributed by atoms with Crippen LogP contribution in [0.5, 0.6) is 5.75 Å². The summed E-state index contributed by atoms with van der Waals surface area (Å²) >= 11 is 0. The minimum atomic E-state index is -1.25. The Hall–Kier alpha value is -1.34. The molecule has 0 aromatic heterocycles. The zero-order valence-electron chi connectivity index (χ0n) is 9.02. The van der Waals surface area contributed by atoms with Gasteiger partial charge in [-0.1, -0.05) is 6.07 Å². The predicted octanol–water partition coefficient (Wildman–Crippen LogP) is -0.757. The second-order valence-electron chi connectivity index (χ2n) is 4.00. The Bertz CT molecular complexity index is 386. The molecule has 17 heavy (non-hydrogen) atoms. The third-order valence-electron chi connectivity index (χ3n) is 2.66. The third-order valence-corrected chi connectivity index (χ3v) is 2.66. The van der Waals surface area contributed by atoms with Crippen LogP contribution in [-0.4, -0.2) is 51.6 Å². The van der Waals surface area contributed by atoms with Gasteiger partial charge in [-0.15, -0.1) is 0 Å². The number of phenols is 1. The zero-order chi connectivity index (χ0) is 12.4. The average molecular weight is 241 g/mol. The Balaban J connectivity index is 2.04. The van der Waals surface area contributed by atoms with Crippen molar-refractivity contribution >= 4 is 5.69 Å². The van der Waals surface area contributed by atoms with Crippen LogP contribution in [-0.2, 0) is 4.74 Å². The molecule has 1 heterocycles. The lowest BCUT2D eigenvalue weighted by atomic mass is 10.0. The van der Waals surface area contributed by atoms with Crippen molar-refractivity contribution in [3.05, 3.63) is 24.3 Å². The first-order valence-corrected chi connectivity index (χ1v) is 5.29. The summed E-state index contributed by atoms with van der Waals surface area (Å²) in [5.41, 5.74) is 0.553. The van der Waals surface area contributed by atoms with Crippen LogP contribution in [0.3, 0.4) is 0 Å². The molecule has 5 N–H and O–H groups in total. The quantitative estimate of drug-likeness (QED) is 0.466. The van der Waals surface area contributed by atoms with Crippen molar-refractivity contribution in [3.8, 4) is 5.75 Å². The smallest absolute Gasteiger partial charge is 0.156 e. The first-order chi connectivity index (χ1) is 8.08. The van der Waals surface area contributed by atoms with Crippen molar-refractivity contribution in [1.82, 2.24) is 0 Å². The van der Waals surface area contributed by atoms with Gasteiger partial charge in [0, 0.05) is 11.8 Å². The van der Waals surface area contributed by atoms with Crippen LogP contribution in [0.25, 0.3) is 0 Å². The van der Waals surface area contributed by atoms with E-state index in [4.69, 9.17) is 4.74 Å². The van der Waals surface area contributed by atoms with E-state index in [0.29, 0.717) is 5.69 Å². The predicted molar refractivity (Wildman–Crippen MR) is 59.5 cm³/mol. The fourth-order valence-electron chi connectivity index (χ4n) is 1.69. The van der Waals surface area contributed by atoms with Crippen LogP contribution in [0.15, 0.2) is 24.3 Å². The summed E-state index contributed by atoms with van der Waals surface area (Å²) in [6, 6.07) is 6.31. The average Bonchev–Trinajstić information content (AvgIpc) is 2.30. The van der Waals surface area contributed by atoms with Gasteiger partial charge in [-0.25, -0.2) is 0 Å². The van der Waals surface area contributed by atoms with Gasteiger partial charge in [-0.3, -0.25) is 0 Å². The lowest BCUT2D eigenvalue weighted by molar-refractivity contribution is -0.178. The van der Waals surface area contributed by atoms with Gasteiger partial charge < -0.3 is 30.5 Å². The Kier molecular flexibility index (Phi) is 3.49. The second-order valence-corrected chi connectivity index (χ2v) is 4.00. The highest BCUT2D eigenvalue weighted by Crippen LogP contribution is 2.21. The number of nitrogens with one attached hydrogen (secondary N) is 1. The first kappa shape index (κ1) is 12.1. The summed E-state index contributed by atoms with van der Waals surface area (Å²) < 4.78 is 5.16. The fourth-order valence-corrected chi connectivity index (χ4v) is 1.69. The number of aliphatic hydroxyl groups excluding tert-OH is 3. The number of anilines is 1. The molecule has 0 saturated carbocycles. The van der Waals surface area contributed by atoms with E-state index in [1.54, 1.807) is 12.1 Å². The number of hydrogen-bond acceptors (Lipinski definition) is 6. The highest BCUT2D eigenvalue weighted by Gasteiger charge is 2.37. The minimum absolute atomic E-state index is 0.0608. The number of hydrogen-bond donors (Lipinski definition) is 5. The molecule has 4 atom stereocenters. The van der Waals surface area contributed by atoms with Crippen LogP contribution >= 0.6 is 0 Å². The summed E-state index contributed by atoms with van der Waals surface area (Å²) in [6.07, 6.45) is -4.40. The third kappa shape index (κ3) is 2.67. The van der Waals surface area contributed by atoms with Crippen molar-refractivity contribution in [2.24, 2.45) is 0 Å². The van der Waals surface area contributed by atoms with Gasteiger partial charge in [0.1, 0.15) is 24.1 Å². The monoisotopic (exact) mass is 241 g/mol. The molecule has 0 bridgehead atoms. The minimum Gasteiger partial charge on any atom is -0.508 e. The molecule has 0 spiro atoms. The van der Waals surface area contributed by atoms with Gasteiger partial charge in [0.25, 0.3) is 0 Å². The topological polar surface area (TPSA) is 102 Å². The largest absolute Gasteiger partial charge is 0.508 e. The highest BCUT2D eigenvalue weighted by atomic mass is 16.5. The SMILES string of the molecule is Oc1cccc(N[C@H]2OC[C@@H](O)[C@@H](O)[C@H]2O)c1. The molecule has 0 radical (unpaired) electrons. The summed E-state index contributed by atoms with van der Waals surface area (Å²) in [7, 11) is 0. The number of phenolic OH excluding ortho intramolecular Hbond substituents is 1. The summed E-state index contributed by atoms with van der Waals surface area (Å²) in [6.45, 7) is -0.0608. The van der Waals surface area contributed by atoms with Crippen molar-refractivity contribution in [1.29, 1.82) is 0 Å². The van der Waals surface area contributed by atoms with E-state index in [2.05, 4.69) is 5.32 Å². The van der Waals surface area contributed by atoms with Crippen LogP contribution in [0.1, 0.15) is 0 Å². The maximum absolute atomic E-state index is 9.68. The van der Waals surface area contributed by atoms with E-state index in [1.807, 2.05) is 0 Å². The summed E-state index contributed by atoms with van der Waals surface area (Å²) in [5.74, 6) is 0.0842. The number of aromatic hydroxyl groups is 1. The van der Waals surface area contributed by atoms with Crippen LogP contribution in [0, 0.1) is 0 Å². The number of aliphatic hydroxyl groups is 3. The lowest BCUT2D eigenvalue weighted by Gasteiger charge is -2.35. The molecule has 1 fully saturated rings. The normalized spacial score (nSPS) is 33.4. The molecule has 1 aromatic rings. The highest BCUT2D eigenvalue weighted by molar-refractivity contribution is 5.48. The molecule has 0 unspecified atom stereocenters. The number of benzene rings is 1. The van der Waals surface area contributed by atoms with Gasteiger partial charge in [0.05, 0.1) is 6.61 Å². The molecule has 6 nitrogen and oxygen atoms in total. The molecule has 2 rings (SSSR count). The van der Waals surface area contributed by atoms with Gasteiger partial charge >= 0.3 is 0 Å². The van der Waals surface area contributed by atoms with Gasteiger partial charge in [0.2, 0.25) is 0 Å². The van der Waals surface area contributed by atoms with Crippen LogP contribution in [0.4, 0.5) is 5.69 Å².